The number of carboxylic acid groups (broad SMARTS) is 1. The van der Waals surface area contributed by atoms with E-state index in [9.17, 15) is 9.00 Å². The maximum absolute atomic E-state index is 11.2. The molecule has 0 aliphatic rings. The van der Waals surface area contributed by atoms with Gasteiger partial charge in [-0.2, -0.15) is 0 Å². The Balaban J connectivity index is 2.26. The highest BCUT2D eigenvalue weighted by Gasteiger charge is 2.15. The Morgan fingerprint density at radius 3 is 1.95 bits per heavy atom. The van der Waals surface area contributed by atoms with E-state index in [1.807, 2.05) is 24.3 Å². The van der Waals surface area contributed by atoms with E-state index in [4.69, 9.17) is 9.66 Å². The highest BCUT2D eigenvalue weighted by atomic mass is 79.9. The van der Waals surface area contributed by atoms with E-state index in [0.29, 0.717) is 5.69 Å². The van der Waals surface area contributed by atoms with Crippen LogP contribution in [0.4, 0.5) is 5.69 Å². The molecule has 0 fully saturated rings. The third kappa shape index (κ3) is 4.13. The monoisotopic (exact) mass is 369 g/mol. The third-order valence-electron chi connectivity index (χ3n) is 2.80. The third-order valence-corrected chi connectivity index (χ3v) is 4.05. The zero-order valence-electron chi connectivity index (χ0n) is 10.8. The lowest BCUT2D eigenvalue weighted by molar-refractivity contribution is -0.135. The number of aliphatic carboxylic acids is 1. The molecule has 0 heterocycles. The summed E-state index contributed by atoms with van der Waals surface area (Å²) in [5.74, 6) is -1.17. The number of nitrogens with zero attached hydrogens (tertiary/aromatic N) is 1. The molecule has 0 bridgehead atoms. The summed E-state index contributed by atoms with van der Waals surface area (Å²) in [6.45, 7) is -0.541. The van der Waals surface area contributed by atoms with Crippen LogP contribution in [0.3, 0.4) is 0 Å². The Labute approximate surface area is 132 Å². The van der Waals surface area contributed by atoms with Crippen LogP contribution in [0.15, 0.2) is 53.0 Å². The minimum Gasteiger partial charge on any atom is -0.480 e. The second kappa shape index (κ2) is 6.84. The van der Waals surface area contributed by atoms with Gasteiger partial charge in [-0.3, -0.25) is 13.7 Å². The molecule has 2 rings (SSSR count). The topological polar surface area (TPSA) is 77.8 Å². The van der Waals surface area contributed by atoms with E-state index in [2.05, 4.69) is 15.9 Å². The number of anilines is 1. The molecule has 0 saturated carbocycles. The SMILES string of the molecule is O=C(O)CN(c1ccc(-c2ccc(Br)cc2)cc1)S(=O)O. The number of carboxylic acids is 1. The average Bonchev–Trinajstić information content (AvgIpc) is 2.45. The minimum absolute atomic E-state index is 0.374. The Hall–Kier alpha value is -1.70. The zero-order valence-corrected chi connectivity index (χ0v) is 13.2. The van der Waals surface area contributed by atoms with Crippen molar-refractivity contribution in [2.45, 2.75) is 0 Å². The van der Waals surface area contributed by atoms with Crippen molar-refractivity contribution in [3.05, 3.63) is 53.0 Å². The molecule has 2 aromatic carbocycles. The lowest BCUT2D eigenvalue weighted by Gasteiger charge is -2.17. The van der Waals surface area contributed by atoms with Gasteiger partial charge in [0.2, 0.25) is 0 Å². The quantitative estimate of drug-likeness (QED) is 0.793. The van der Waals surface area contributed by atoms with Gasteiger partial charge in [0, 0.05) is 4.47 Å². The molecule has 2 N–H and O–H groups in total. The van der Waals surface area contributed by atoms with E-state index in [-0.39, 0.29) is 0 Å². The van der Waals surface area contributed by atoms with Crippen molar-refractivity contribution in [3.63, 3.8) is 0 Å². The summed E-state index contributed by atoms with van der Waals surface area (Å²) in [6, 6.07) is 14.5. The van der Waals surface area contributed by atoms with Crippen molar-refractivity contribution in [2.75, 3.05) is 10.8 Å². The molecule has 7 heteroatoms. The maximum Gasteiger partial charge on any atom is 0.324 e. The number of rotatable bonds is 5. The summed E-state index contributed by atoms with van der Waals surface area (Å²) in [7, 11) is 0. The van der Waals surface area contributed by atoms with E-state index < -0.39 is 23.8 Å². The van der Waals surface area contributed by atoms with Gasteiger partial charge in [0.1, 0.15) is 6.54 Å². The van der Waals surface area contributed by atoms with Crippen LogP contribution in [0.2, 0.25) is 0 Å². The average molecular weight is 370 g/mol. The van der Waals surface area contributed by atoms with Gasteiger partial charge in [0.05, 0.1) is 5.69 Å². The molecule has 21 heavy (non-hydrogen) atoms. The maximum atomic E-state index is 11.2. The fourth-order valence-corrected chi connectivity index (χ4v) is 2.61. The summed E-state index contributed by atoms with van der Waals surface area (Å²) in [6.07, 6.45) is 0. The first-order valence-corrected chi connectivity index (χ1v) is 7.79. The Morgan fingerprint density at radius 1 is 1.05 bits per heavy atom. The number of benzene rings is 2. The zero-order chi connectivity index (χ0) is 15.4. The molecule has 0 saturated heterocycles. The van der Waals surface area contributed by atoms with Gasteiger partial charge < -0.3 is 5.11 Å². The van der Waals surface area contributed by atoms with Crippen LogP contribution in [0.1, 0.15) is 0 Å². The van der Waals surface area contributed by atoms with Gasteiger partial charge in [0.25, 0.3) is 11.3 Å². The van der Waals surface area contributed by atoms with Crippen molar-refractivity contribution < 1.29 is 18.7 Å². The minimum atomic E-state index is -2.38. The van der Waals surface area contributed by atoms with Gasteiger partial charge in [0.15, 0.2) is 0 Å². The normalized spacial score (nSPS) is 11.9. The molecule has 2 aromatic rings. The largest absolute Gasteiger partial charge is 0.480 e. The lowest BCUT2D eigenvalue weighted by atomic mass is 10.1. The Bertz CT molecular complexity index is 658. The van der Waals surface area contributed by atoms with Crippen LogP contribution in [0, 0.1) is 0 Å². The van der Waals surface area contributed by atoms with Gasteiger partial charge in [-0.1, -0.05) is 40.2 Å². The predicted molar refractivity (Wildman–Crippen MR) is 85.3 cm³/mol. The number of halogens is 1. The summed E-state index contributed by atoms with van der Waals surface area (Å²) in [4.78, 5) is 10.7. The fraction of sp³-hybridized carbons (Fsp3) is 0.0714. The fourth-order valence-electron chi connectivity index (χ4n) is 1.82. The number of hydrogen-bond acceptors (Lipinski definition) is 2. The molecule has 0 aliphatic heterocycles. The molecule has 110 valence electrons. The molecule has 0 aromatic heterocycles. The number of hydrogen-bond donors (Lipinski definition) is 2. The van der Waals surface area contributed by atoms with Crippen LogP contribution < -0.4 is 4.31 Å². The van der Waals surface area contributed by atoms with Crippen molar-refractivity contribution in [1.29, 1.82) is 0 Å². The second-order valence-corrected chi connectivity index (χ2v) is 6.03. The molecule has 1 unspecified atom stereocenters. The standard InChI is InChI=1S/C14H12BrNO4S/c15-12-5-1-10(2-6-12)11-3-7-13(8-4-11)16(21(19)20)9-14(17)18/h1-8H,9H2,(H,17,18)(H,19,20). The van der Waals surface area contributed by atoms with Gasteiger partial charge in [-0.25, -0.2) is 4.21 Å². The lowest BCUT2D eigenvalue weighted by Crippen LogP contribution is -2.31. The van der Waals surface area contributed by atoms with Crippen molar-refractivity contribution in [3.8, 4) is 11.1 Å². The highest BCUT2D eigenvalue weighted by Crippen LogP contribution is 2.25. The van der Waals surface area contributed by atoms with Crippen LogP contribution in [-0.4, -0.2) is 26.4 Å². The molecular formula is C14H12BrNO4S. The molecule has 0 radical (unpaired) electrons. The molecule has 5 nitrogen and oxygen atoms in total. The smallest absolute Gasteiger partial charge is 0.324 e. The van der Waals surface area contributed by atoms with Crippen LogP contribution in [0.25, 0.3) is 11.1 Å². The van der Waals surface area contributed by atoms with Gasteiger partial charge in [-0.15, -0.1) is 0 Å². The van der Waals surface area contributed by atoms with Crippen molar-refractivity contribution in [2.24, 2.45) is 0 Å². The first-order valence-electron chi connectivity index (χ1n) is 5.93. The number of carbonyl (C=O) groups is 1. The second-order valence-electron chi connectivity index (χ2n) is 4.21. The molecule has 0 spiro atoms. The summed E-state index contributed by atoms with van der Waals surface area (Å²) in [5.41, 5.74) is 2.31. The van der Waals surface area contributed by atoms with Crippen molar-refractivity contribution >= 4 is 38.9 Å². The first-order chi connectivity index (χ1) is 9.97. The van der Waals surface area contributed by atoms with Crippen molar-refractivity contribution in [1.82, 2.24) is 0 Å². The molecule has 0 amide bonds. The van der Waals surface area contributed by atoms with Gasteiger partial charge >= 0.3 is 5.97 Å². The molecular weight excluding hydrogens is 358 g/mol. The van der Waals surface area contributed by atoms with Crippen LogP contribution >= 0.6 is 15.9 Å². The summed E-state index contributed by atoms with van der Waals surface area (Å²) in [5, 5.41) is 8.76. The Morgan fingerprint density at radius 2 is 1.52 bits per heavy atom. The summed E-state index contributed by atoms with van der Waals surface area (Å²) < 4.78 is 22.2. The van der Waals surface area contributed by atoms with E-state index in [1.165, 1.54) is 0 Å². The van der Waals surface area contributed by atoms with Gasteiger partial charge in [-0.05, 0) is 35.4 Å². The van der Waals surface area contributed by atoms with E-state index in [0.717, 1.165) is 19.9 Å². The molecule has 0 aliphatic carbocycles. The van der Waals surface area contributed by atoms with Crippen LogP contribution in [-0.2, 0) is 16.1 Å². The highest BCUT2D eigenvalue weighted by molar-refractivity contribution is 9.10. The van der Waals surface area contributed by atoms with E-state index >= 15 is 0 Å². The first kappa shape index (κ1) is 15.7. The predicted octanol–water partition coefficient (Wildman–Crippen LogP) is 3.14. The summed E-state index contributed by atoms with van der Waals surface area (Å²) >= 11 is 0.981. The van der Waals surface area contributed by atoms with E-state index in [1.54, 1.807) is 24.3 Å². The Kier molecular flexibility index (Phi) is 5.11. The van der Waals surface area contributed by atoms with Crippen LogP contribution in [0.5, 0.6) is 0 Å². The molecule has 1 atom stereocenters.